The van der Waals surface area contributed by atoms with Crippen molar-refractivity contribution in [2.45, 2.75) is 78.4 Å². The molecule has 25 heavy (non-hydrogen) atoms. The second-order valence-corrected chi connectivity index (χ2v) is 9.78. The lowest BCUT2D eigenvalue weighted by molar-refractivity contribution is -0.167. The maximum atomic E-state index is 11.3. The van der Waals surface area contributed by atoms with E-state index >= 15 is 0 Å². The molecule has 0 spiro atoms. The van der Waals surface area contributed by atoms with Crippen LogP contribution in [-0.2, 0) is 13.0 Å². The molecule has 0 unspecified atom stereocenters. The number of nitrogens with zero attached hydrogens (tertiary/aromatic N) is 2. The molecule has 1 aromatic rings. The molecule has 3 rings (SSSR count). The number of hydrogen-bond donors (Lipinski definition) is 2. The number of aromatic nitrogens is 3. The summed E-state index contributed by atoms with van der Waals surface area (Å²) in [5, 5.41) is 18.7. The minimum atomic E-state index is -0.661. The first kappa shape index (κ1) is 18.8. The van der Waals surface area contributed by atoms with Crippen molar-refractivity contribution in [3.63, 3.8) is 0 Å². The molecule has 2 aliphatic rings. The lowest BCUT2D eigenvalue weighted by atomic mass is 9.45. The molecule has 5 heteroatoms. The van der Waals surface area contributed by atoms with Crippen LogP contribution in [0.25, 0.3) is 0 Å². The molecule has 4 nitrogen and oxygen atoms in total. The molecule has 2 saturated carbocycles. The van der Waals surface area contributed by atoms with Gasteiger partial charge in [-0.15, -0.1) is 6.58 Å². The van der Waals surface area contributed by atoms with Crippen LogP contribution in [0, 0.1) is 27.4 Å². The number of aromatic amines is 1. The Morgan fingerprint density at radius 1 is 1.32 bits per heavy atom. The number of fused-ring (bicyclic) bond motifs is 1. The molecule has 0 saturated heterocycles. The lowest BCUT2D eigenvalue weighted by Crippen LogP contribution is -2.58. The zero-order valence-corrected chi connectivity index (χ0v) is 17.0. The molecule has 0 aliphatic heterocycles. The largest absolute Gasteiger partial charge is 0.390 e. The fourth-order valence-electron chi connectivity index (χ4n) is 6.08. The molecule has 4 atom stereocenters. The summed E-state index contributed by atoms with van der Waals surface area (Å²) in [6.07, 6.45) is 8.32. The Bertz CT molecular complexity index is 702. The molecule has 2 aliphatic carbocycles. The third-order valence-corrected chi connectivity index (χ3v) is 7.61. The van der Waals surface area contributed by atoms with Gasteiger partial charge in [-0.2, -0.15) is 5.10 Å². The first-order valence-electron chi connectivity index (χ1n) is 9.59. The van der Waals surface area contributed by atoms with Gasteiger partial charge in [0, 0.05) is 18.9 Å². The van der Waals surface area contributed by atoms with Gasteiger partial charge in [0.1, 0.15) is 5.82 Å². The van der Waals surface area contributed by atoms with Gasteiger partial charge in [-0.05, 0) is 61.6 Å². The van der Waals surface area contributed by atoms with Gasteiger partial charge in [-0.25, -0.2) is 0 Å². The SMILES string of the molecule is C=CCn1c(C[C@@H]2[C@@]3(C)CCCC(C)(C)[C@@H]3CC[C@@]2(C)O)n[nH]c1=S. The highest BCUT2D eigenvalue weighted by atomic mass is 32.1. The van der Waals surface area contributed by atoms with Crippen LogP contribution in [-0.4, -0.2) is 25.5 Å². The average molecular weight is 364 g/mol. The Kier molecular flexibility index (Phi) is 4.78. The monoisotopic (exact) mass is 363 g/mol. The van der Waals surface area contributed by atoms with Crippen molar-refractivity contribution in [1.29, 1.82) is 0 Å². The summed E-state index contributed by atoms with van der Waals surface area (Å²) in [6.45, 7) is 13.8. The molecule has 140 valence electrons. The second kappa shape index (κ2) is 6.34. The van der Waals surface area contributed by atoms with Crippen LogP contribution < -0.4 is 0 Å². The first-order valence-corrected chi connectivity index (χ1v) is 10.00. The number of rotatable bonds is 4. The van der Waals surface area contributed by atoms with E-state index in [4.69, 9.17) is 12.2 Å². The standard InChI is InChI=1S/C20H33N3OS/c1-6-12-23-16(21-22-17(23)25)13-15-19(4)10-7-9-18(2,3)14(19)8-11-20(15,5)24/h6,14-15,24H,1,7-13H2,2-5H3,(H,22,25)/t14-,15+,19-,20+/m0/s1. The molecule has 1 aromatic heterocycles. The minimum Gasteiger partial charge on any atom is -0.390 e. The molecule has 2 fully saturated rings. The van der Waals surface area contributed by atoms with Crippen molar-refractivity contribution in [3.05, 3.63) is 23.3 Å². The minimum absolute atomic E-state index is 0.135. The van der Waals surface area contributed by atoms with Gasteiger partial charge in [0.2, 0.25) is 0 Å². The maximum absolute atomic E-state index is 11.3. The Labute approximate surface area is 156 Å². The Morgan fingerprint density at radius 3 is 2.72 bits per heavy atom. The van der Waals surface area contributed by atoms with Crippen molar-refractivity contribution >= 4 is 12.2 Å². The van der Waals surface area contributed by atoms with Crippen molar-refractivity contribution in [3.8, 4) is 0 Å². The molecule has 1 heterocycles. The van der Waals surface area contributed by atoms with E-state index in [1.807, 2.05) is 17.6 Å². The predicted octanol–water partition coefficient (Wildman–Crippen LogP) is 4.66. The van der Waals surface area contributed by atoms with E-state index in [0.29, 0.717) is 22.6 Å². The van der Waals surface area contributed by atoms with Gasteiger partial charge < -0.3 is 9.67 Å². The van der Waals surface area contributed by atoms with Crippen LogP contribution in [0.3, 0.4) is 0 Å². The predicted molar refractivity (Wildman–Crippen MR) is 104 cm³/mol. The van der Waals surface area contributed by atoms with Crippen LogP contribution in [0.1, 0.15) is 65.6 Å². The second-order valence-electron chi connectivity index (χ2n) is 9.40. The number of H-pyrrole nitrogens is 1. The van der Waals surface area contributed by atoms with Gasteiger partial charge in [0.25, 0.3) is 0 Å². The summed E-state index contributed by atoms with van der Waals surface area (Å²) < 4.78 is 2.65. The average Bonchev–Trinajstić information content (AvgIpc) is 2.83. The summed E-state index contributed by atoms with van der Waals surface area (Å²) in [4.78, 5) is 0. The number of allylic oxidation sites excluding steroid dienone is 1. The number of aliphatic hydroxyl groups is 1. The Morgan fingerprint density at radius 2 is 2.04 bits per heavy atom. The van der Waals surface area contributed by atoms with Crippen LogP contribution in [0.4, 0.5) is 0 Å². The first-order chi connectivity index (χ1) is 11.6. The summed E-state index contributed by atoms with van der Waals surface area (Å²) >= 11 is 5.38. The molecular weight excluding hydrogens is 330 g/mol. The Hall–Kier alpha value is -0.940. The fourth-order valence-corrected chi connectivity index (χ4v) is 6.31. The molecular formula is C20H33N3OS. The zero-order valence-electron chi connectivity index (χ0n) is 16.1. The van der Waals surface area contributed by atoms with Gasteiger partial charge in [-0.3, -0.25) is 5.10 Å². The highest BCUT2D eigenvalue weighted by Crippen LogP contribution is 2.62. The van der Waals surface area contributed by atoms with E-state index in [1.54, 1.807) is 0 Å². The third-order valence-electron chi connectivity index (χ3n) is 7.30. The van der Waals surface area contributed by atoms with Crippen LogP contribution >= 0.6 is 12.2 Å². The van der Waals surface area contributed by atoms with Crippen molar-refractivity contribution in [2.24, 2.45) is 22.7 Å². The van der Waals surface area contributed by atoms with Crippen molar-refractivity contribution in [1.82, 2.24) is 14.8 Å². The summed E-state index contributed by atoms with van der Waals surface area (Å²) in [5.41, 5.74) is -0.186. The fraction of sp³-hybridized carbons (Fsp3) is 0.800. The quantitative estimate of drug-likeness (QED) is 0.604. The smallest absolute Gasteiger partial charge is 0.195 e. The molecule has 0 bridgehead atoms. The van der Waals surface area contributed by atoms with Gasteiger partial charge in [0.15, 0.2) is 4.77 Å². The molecule has 0 aromatic carbocycles. The molecule has 0 amide bonds. The number of hydrogen-bond acceptors (Lipinski definition) is 3. The summed E-state index contributed by atoms with van der Waals surface area (Å²) in [6, 6.07) is 0. The zero-order chi connectivity index (χ0) is 18.5. The van der Waals surface area contributed by atoms with E-state index in [1.165, 1.54) is 19.3 Å². The van der Waals surface area contributed by atoms with Crippen molar-refractivity contribution in [2.75, 3.05) is 0 Å². The van der Waals surface area contributed by atoms with Crippen LogP contribution in [0.2, 0.25) is 0 Å². The van der Waals surface area contributed by atoms with E-state index in [2.05, 4.69) is 37.5 Å². The normalized spacial score (nSPS) is 37.5. The van der Waals surface area contributed by atoms with Gasteiger partial charge in [-0.1, -0.05) is 33.3 Å². The summed E-state index contributed by atoms with van der Waals surface area (Å²) in [7, 11) is 0. The Balaban J connectivity index is 1.99. The highest BCUT2D eigenvalue weighted by Gasteiger charge is 2.58. The van der Waals surface area contributed by atoms with Crippen molar-refractivity contribution < 1.29 is 5.11 Å². The molecule has 0 radical (unpaired) electrons. The van der Waals surface area contributed by atoms with E-state index in [-0.39, 0.29) is 11.3 Å². The maximum Gasteiger partial charge on any atom is 0.195 e. The van der Waals surface area contributed by atoms with Crippen LogP contribution in [0.15, 0.2) is 12.7 Å². The van der Waals surface area contributed by atoms with Gasteiger partial charge in [0.05, 0.1) is 5.60 Å². The topological polar surface area (TPSA) is 53.8 Å². The lowest BCUT2D eigenvalue weighted by Gasteiger charge is -2.61. The summed E-state index contributed by atoms with van der Waals surface area (Å²) in [5.74, 6) is 1.78. The van der Waals surface area contributed by atoms with E-state index < -0.39 is 5.60 Å². The number of nitrogens with one attached hydrogen (secondary N) is 1. The van der Waals surface area contributed by atoms with E-state index in [0.717, 1.165) is 25.1 Å². The van der Waals surface area contributed by atoms with E-state index in [9.17, 15) is 5.11 Å². The highest BCUT2D eigenvalue weighted by molar-refractivity contribution is 7.71. The molecule has 2 N–H and O–H groups in total. The van der Waals surface area contributed by atoms with Crippen LogP contribution in [0.5, 0.6) is 0 Å². The third kappa shape index (κ3) is 3.14. The van der Waals surface area contributed by atoms with Gasteiger partial charge >= 0.3 is 0 Å².